The topological polar surface area (TPSA) is 27.3 Å². The van der Waals surface area contributed by atoms with E-state index in [0.717, 1.165) is 26.2 Å². The molecular formula is C5H12N3. The van der Waals surface area contributed by atoms with Gasteiger partial charge in [0.2, 0.25) is 0 Å². The molecule has 0 saturated carbocycles. The van der Waals surface area contributed by atoms with Gasteiger partial charge >= 0.3 is 0 Å². The summed E-state index contributed by atoms with van der Waals surface area (Å²) in [5, 5.41) is 5.33. The summed E-state index contributed by atoms with van der Waals surface area (Å²) in [5.41, 5.74) is 2.85. The monoisotopic (exact) mass is 114 g/mol. The van der Waals surface area contributed by atoms with Gasteiger partial charge in [-0.3, -0.25) is 5.43 Å². The second-order valence-corrected chi connectivity index (χ2v) is 1.90. The Hall–Kier alpha value is -0.120. The second-order valence-electron chi connectivity index (χ2n) is 1.90. The summed E-state index contributed by atoms with van der Waals surface area (Å²) >= 11 is 0. The van der Waals surface area contributed by atoms with E-state index in [0.29, 0.717) is 0 Å². The van der Waals surface area contributed by atoms with Gasteiger partial charge in [-0.15, -0.1) is 0 Å². The Kier molecular flexibility index (Phi) is 2.27. The first kappa shape index (κ1) is 6.01. The van der Waals surface area contributed by atoms with Gasteiger partial charge < -0.3 is 5.32 Å². The quantitative estimate of drug-likeness (QED) is 0.467. The van der Waals surface area contributed by atoms with E-state index in [1.165, 1.54) is 0 Å². The van der Waals surface area contributed by atoms with Gasteiger partial charge in [0.15, 0.2) is 0 Å². The fourth-order valence-corrected chi connectivity index (χ4v) is 0.823. The SMILES string of the molecule is [CH2]NN1CCNCC1. The lowest BCUT2D eigenvalue weighted by molar-refractivity contribution is 0.192. The van der Waals surface area contributed by atoms with Crippen molar-refractivity contribution in [3.8, 4) is 0 Å². The molecular weight excluding hydrogens is 102 g/mol. The van der Waals surface area contributed by atoms with Gasteiger partial charge in [-0.2, -0.15) is 0 Å². The molecule has 0 aliphatic carbocycles. The van der Waals surface area contributed by atoms with Gasteiger partial charge in [-0.1, -0.05) is 0 Å². The molecule has 0 unspecified atom stereocenters. The van der Waals surface area contributed by atoms with E-state index in [1.54, 1.807) is 0 Å². The summed E-state index contributed by atoms with van der Waals surface area (Å²) in [6, 6.07) is 0. The predicted octanol–water partition coefficient (Wildman–Crippen LogP) is -0.812. The third-order valence-electron chi connectivity index (χ3n) is 1.34. The highest BCUT2D eigenvalue weighted by Crippen LogP contribution is 1.83. The van der Waals surface area contributed by atoms with Crippen molar-refractivity contribution in [2.24, 2.45) is 0 Å². The van der Waals surface area contributed by atoms with E-state index in [1.807, 2.05) is 0 Å². The molecule has 0 aromatic carbocycles. The Bertz CT molecular complexity index is 58.7. The molecule has 1 heterocycles. The number of nitrogens with one attached hydrogen (secondary N) is 2. The zero-order valence-electron chi connectivity index (χ0n) is 4.98. The van der Waals surface area contributed by atoms with Gasteiger partial charge in [0, 0.05) is 33.2 Å². The van der Waals surface area contributed by atoms with Crippen molar-refractivity contribution in [2.45, 2.75) is 0 Å². The van der Waals surface area contributed by atoms with Gasteiger partial charge in [0.05, 0.1) is 0 Å². The molecule has 1 fully saturated rings. The lowest BCUT2D eigenvalue weighted by atomic mass is 10.4. The highest BCUT2D eigenvalue weighted by atomic mass is 15.5. The highest BCUT2D eigenvalue weighted by Gasteiger charge is 2.04. The summed E-state index contributed by atoms with van der Waals surface area (Å²) in [5.74, 6) is 0. The summed E-state index contributed by atoms with van der Waals surface area (Å²) in [6.45, 7) is 4.26. The molecule has 0 atom stereocenters. The Morgan fingerprint density at radius 2 is 2.00 bits per heavy atom. The molecule has 1 radical (unpaired) electrons. The second kappa shape index (κ2) is 3.02. The van der Waals surface area contributed by atoms with Crippen molar-refractivity contribution in [3.05, 3.63) is 7.05 Å². The molecule has 1 aliphatic heterocycles. The number of hydrogen-bond donors (Lipinski definition) is 2. The number of rotatable bonds is 1. The van der Waals surface area contributed by atoms with Crippen molar-refractivity contribution in [1.29, 1.82) is 0 Å². The molecule has 3 nitrogen and oxygen atoms in total. The Balaban J connectivity index is 2.13. The van der Waals surface area contributed by atoms with Crippen LogP contribution in [0.4, 0.5) is 0 Å². The number of hydrazine groups is 1. The first-order chi connectivity index (χ1) is 3.93. The minimum atomic E-state index is 1.06. The van der Waals surface area contributed by atoms with E-state index in [9.17, 15) is 0 Å². The summed E-state index contributed by atoms with van der Waals surface area (Å²) in [6.07, 6.45) is 0. The van der Waals surface area contributed by atoms with E-state index in [2.05, 4.69) is 22.8 Å². The Morgan fingerprint density at radius 1 is 1.38 bits per heavy atom. The molecule has 47 valence electrons. The van der Waals surface area contributed by atoms with Crippen LogP contribution in [0.3, 0.4) is 0 Å². The van der Waals surface area contributed by atoms with Gasteiger partial charge in [0.25, 0.3) is 0 Å². The molecule has 0 aromatic rings. The third-order valence-corrected chi connectivity index (χ3v) is 1.34. The average molecular weight is 114 g/mol. The van der Waals surface area contributed by atoms with Crippen LogP contribution in [0.2, 0.25) is 0 Å². The van der Waals surface area contributed by atoms with Gasteiger partial charge in [0.1, 0.15) is 0 Å². The molecule has 8 heavy (non-hydrogen) atoms. The molecule has 0 spiro atoms. The van der Waals surface area contributed by atoms with Crippen molar-refractivity contribution in [3.63, 3.8) is 0 Å². The molecule has 0 aromatic heterocycles. The van der Waals surface area contributed by atoms with Crippen molar-refractivity contribution in [1.82, 2.24) is 15.8 Å². The zero-order chi connectivity index (χ0) is 5.82. The van der Waals surface area contributed by atoms with Crippen LogP contribution in [-0.2, 0) is 0 Å². The Morgan fingerprint density at radius 3 is 2.38 bits per heavy atom. The van der Waals surface area contributed by atoms with Crippen LogP contribution < -0.4 is 10.7 Å². The van der Waals surface area contributed by atoms with Crippen LogP contribution in [0.15, 0.2) is 0 Å². The highest BCUT2D eigenvalue weighted by molar-refractivity contribution is 4.62. The van der Waals surface area contributed by atoms with E-state index >= 15 is 0 Å². The predicted molar refractivity (Wildman–Crippen MR) is 32.9 cm³/mol. The molecule has 1 saturated heterocycles. The van der Waals surface area contributed by atoms with E-state index in [4.69, 9.17) is 0 Å². The summed E-state index contributed by atoms with van der Waals surface area (Å²) in [7, 11) is 3.56. The molecule has 1 rings (SSSR count). The smallest absolute Gasteiger partial charge is 0.0256 e. The maximum absolute atomic E-state index is 3.56. The number of hydrogen-bond acceptors (Lipinski definition) is 3. The van der Waals surface area contributed by atoms with Crippen LogP contribution in [-0.4, -0.2) is 31.2 Å². The first-order valence-electron chi connectivity index (χ1n) is 2.92. The summed E-state index contributed by atoms with van der Waals surface area (Å²) in [4.78, 5) is 0. The van der Waals surface area contributed by atoms with Crippen molar-refractivity contribution >= 4 is 0 Å². The minimum absolute atomic E-state index is 1.06. The lowest BCUT2D eigenvalue weighted by Crippen LogP contribution is -2.48. The Labute approximate surface area is 50.0 Å². The molecule has 3 heteroatoms. The van der Waals surface area contributed by atoms with E-state index in [-0.39, 0.29) is 0 Å². The van der Waals surface area contributed by atoms with Gasteiger partial charge in [-0.05, 0) is 0 Å². The fraction of sp³-hybridized carbons (Fsp3) is 0.800. The largest absolute Gasteiger partial charge is 0.314 e. The molecule has 2 N–H and O–H groups in total. The maximum Gasteiger partial charge on any atom is 0.0256 e. The van der Waals surface area contributed by atoms with Crippen LogP contribution in [0, 0.1) is 7.05 Å². The van der Waals surface area contributed by atoms with Crippen LogP contribution in [0.25, 0.3) is 0 Å². The standard InChI is InChI=1S/C5H12N3/c1-6-8-4-2-7-3-5-8/h6-7H,1-5H2. The third kappa shape index (κ3) is 1.43. The number of piperazine rings is 1. The normalized spacial score (nSPS) is 23.6. The lowest BCUT2D eigenvalue weighted by Gasteiger charge is -2.25. The first-order valence-corrected chi connectivity index (χ1v) is 2.92. The molecule has 1 aliphatic rings. The van der Waals surface area contributed by atoms with Crippen LogP contribution >= 0.6 is 0 Å². The van der Waals surface area contributed by atoms with Crippen LogP contribution in [0.1, 0.15) is 0 Å². The van der Waals surface area contributed by atoms with E-state index < -0.39 is 0 Å². The molecule has 0 amide bonds. The minimum Gasteiger partial charge on any atom is -0.314 e. The van der Waals surface area contributed by atoms with Crippen molar-refractivity contribution in [2.75, 3.05) is 26.2 Å². The maximum atomic E-state index is 3.56. The fourth-order valence-electron chi connectivity index (χ4n) is 0.823. The van der Waals surface area contributed by atoms with Crippen LogP contribution in [0.5, 0.6) is 0 Å². The molecule has 0 bridgehead atoms. The summed E-state index contributed by atoms with van der Waals surface area (Å²) < 4.78 is 0. The van der Waals surface area contributed by atoms with Crippen molar-refractivity contribution < 1.29 is 0 Å². The van der Waals surface area contributed by atoms with Gasteiger partial charge in [-0.25, -0.2) is 5.01 Å². The number of nitrogens with zero attached hydrogens (tertiary/aromatic N) is 1. The average Bonchev–Trinajstić information content (AvgIpc) is 1.90. The zero-order valence-corrected chi connectivity index (χ0v) is 4.98.